The van der Waals surface area contributed by atoms with Crippen molar-refractivity contribution in [2.24, 2.45) is 4.99 Å². The van der Waals surface area contributed by atoms with E-state index in [-0.39, 0.29) is 34.8 Å². The molecule has 144 valence electrons. The first-order valence-corrected chi connectivity index (χ1v) is 9.36. The van der Waals surface area contributed by atoms with Crippen LogP contribution in [-0.2, 0) is 0 Å². The highest BCUT2D eigenvalue weighted by atomic mass is 127. The summed E-state index contributed by atoms with van der Waals surface area (Å²) in [5.74, 6) is 1.73. The topological polar surface area (TPSA) is 48.9 Å². The Balaban J connectivity index is 0.00000576. The highest BCUT2D eigenvalue weighted by Gasteiger charge is 2.20. The largest absolute Gasteiger partial charge is 0.496 e. The zero-order valence-corrected chi connectivity index (χ0v) is 19.6. The molecule has 0 heterocycles. The predicted molar refractivity (Wildman–Crippen MR) is 122 cm³/mol. The Bertz CT molecular complexity index is 538. The van der Waals surface area contributed by atoms with Gasteiger partial charge in [-0.25, -0.2) is 0 Å². The minimum absolute atomic E-state index is 0. The predicted octanol–water partition coefficient (Wildman–Crippen LogP) is 3.22. The van der Waals surface area contributed by atoms with Gasteiger partial charge in [-0.05, 0) is 40.3 Å². The monoisotopic (exact) mass is 480 g/mol. The molecule has 0 saturated carbocycles. The number of para-hydroxylation sites is 1. The van der Waals surface area contributed by atoms with Crippen molar-refractivity contribution in [1.29, 1.82) is 0 Å². The number of nitrogens with zero attached hydrogens (tertiary/aromatic N) is 2. The maximum Gasteiger partial charge on any atom is 0.191 e. The quantitative estimate of drug-likeness (QED) is 0.340. The first-order chi connectivity index (χ1) is 11.3. The Hall–Kier alpha value is -0.670. The first kappa shape index (κ1) is 24.3. The van der Waals surface area contributed by atoms with Gasteiger partial charge in [0.2, 0.25) is 0 Å². The molecule has 0 aliphatic heterocycles. The minimum atomic E-state index is 0. The van der Waals surface area contributed by atoms with Crippen LogP contribution in [0.15, 0.2) is 29.3 Å². The number of aliphatic imine (C=N–C) groups is 1. The van der Waals surface area contributed by atoms with Crippen molar-refractivity contribution < 1.29 is 4.74 Å². The molecular formula is C18H33IN4OS. The molecule has 7 heteroatoms. The average molecular weight is 480 g/mol. The van der Waals surface area contributed by atoms with Crippen molar-refractivity contribution in [3.63, 3.8) is 0 Å². The second-order valence-corrected chi connectivity index (χ2v) is 8.01. The molecule has 0 aliphatic rings. The summed E-state index contributed by atoms with van der Waals surface area (Å²) in [7, 11) is 7.66. The van der Waals surface area contributed by atoms with Gasteiger partial charge in [-0.3, -0.25) is 4.99 Å². The summed E-state index contributed by atoms with van der Waals surface area (Å²) in [6, 6.07) is 8.34. The molecule has 25 heavy (non-hydrogen) atoms. The summed E-state index contributed by atoms with van der Waals surface area (Å²) in [6.45, 7) is 6.03. The standard InChI is InChI=1S/C18H32N4OS.HI/c1-18(2,24-7)13-21-17(19-3)20-12-15(22(4)5)14-10-8-9-11-16(14)23-6;/h8-11,15H,12-13H2,1-7H3,(H2,19,20,21);1H. The van der Waals surface area contributed by atoms with E-state index in [0.717, 1.165) is 30.4 Å². The third kappa shape index (κ3) is 8.04. The average Bonchev–Trinajstić information content (AvgIpc) is 2.57. The number of likely N-dealkylation sites (N-methyl/N-ethyl adjacent to an activating group) is 1. The highest BCUT2D eigenvalue weighted by Crippen LogP contribution is 2.27. The maximum absolute atomic E-state index is 5.51. The van der Waals surface area contributed by atoms with Crippen molar-refractivity contribution in [3.05, 3.63) is 29.8 Å². The van der Waals surface area contributed by atoms with Crippen LogP contribution in [0.25, 0.3) is 0 Å². The van der Waals surface area contributed by atoms with Gasteiger partial charge in [0.15, 0.2) is 5.96 Å². The summed E-state index contributed by atoms with van der Waals surface area (Å²) in [4.78, 5) is 6.51. The second-order valence-electron chi connectivity index (χ2n) is 6.49. The van der Waals surface area contributed by atoms with Crippen LogP contribution in [0.3, 0.4) is 0 Å². The van der Waals surface area contributed by atoms with Crippen molar-refractivity contribution in [2.75, 3.05) is 47.6 Å². The highest BCUT2D eigenvalue weighted by molar-refractivity contribution is 14.0. The lowest BCUT2D eigenvalue weighted by molar-refractivity contribution is 0.287. The molecule has 0 aromatic heterocycles. The van der Waals surface area contributed by atoms with Gasteiger partial charge in [0, 0.05) is 30.4 Å². The molecule has 1 aromatic rings. The molecule has 0 saturated heterocycles. The first-order valence-electron chi connectivity index (χ1n) is 8.13. The summed E-state index contributed by atoms with van der Waals surface area (Å²) >= 11 is 1.84. The van der Waals surface area contributed by atoms with Crippen LogP contribution in [0.4, 0.5) is 0 Å². The Labute approximate surface area is 174 Å². The van der Waals surface area contributed by atoms with E-state index in [1.165, 1.54) is 0 Å². The van der Waals surface area contributed by atoms with Gasteiger partial charge in [-0.2, -0.15) is 11.8 Å². The molecule has 1 rings (SSSR count). The number of thioether (sulfide) groups is 1. The van der Waals surface area contributed by atoms with Crippen LogP contribution >= 0.6 is 35.7 Å². The summed E-state index contributed by atoms with van der Waals surface area (Å²) in [5.41, 5.74) is 1.16. The molecule has 2 N–H and O–H groups in total. The Morgan fingerprint density at radius 3 is 2.44 bits per heavy atom. The Kier molecular flexibility index (Phi) is 11.5. The van der Waals surface area contributed by atoms with E-state index in [1.807, 2.05) is 30.0 Å². The summed E-state index contributed by atoms with van der Waals surface area (Å²) < 4.78 is 5.68. The number of benzene rings is 1. The maximum atomic E-state index is 5.51. The van der Waals surface area contributed by atoms with Gasteiger partial charge in [0.05, 0.1) is 13.2 Å². The third-order valence-corrected chi connectivity index (χ3v) is 5.29. The van der Waals surface area contributed by atoms with Crippen LogP contribution in [-0.4, -0.2) is 63.2 Å². The molecule has 5 nitrogen and oxygen atoms in total. The van der Waals surface area contributed by atoms with Crippen molar-refractivity contribution in [1.82, 2.24) is 15.5 Å². The van der Waals surface area contributed by atoms with Crippen LogP contribution in [0.5, 0.6) is 5.75 Å². The van der Waals surface area contributed by atoms with Gasteiger partial charge in [0.25, 0.3) is 0 Å². The van der Waals surface area contributed by atoms with E-state index in [2.05, 4.69) is 60.8 Å². The lowest BCUT2D eigenvalue weighted by Gasteiger charge is -2.28. The molecule has 0 fully saturated rings. The van der Waals surface area contributed by atoms with Crippen molar-refractivity contribution in [3.8, 4) is 5.75 Å². The number of nitrogens with one attached hydrogen (secondary N) is 2. The Morgan fingerprint density at radius 1 is 1.28 bits per heavy atom. The molecule has 0 radical (unpaired) electrons. The molecule has 0 bridgehead atoms. The number of guanidine groups is 1. The molecular weight excluding hydrogens is 447 g/mol. The van der Waals surface area contributed by atoms with Gasteiger partial charge in [0.1, 0.15) is 5.75 Å². The molecule has 0 amide bonds. The van der Waals surface area contributed by atoms with Crippen LogP contribution < -0.4 is 15.4 Å². The van der Waals surface area contributed by atoms with Gasteiger partial charge in [-0.15, -0.1) is 24.0 Å². The number of rotatable bonds is 8. The number of methoxy groups -OCH3 is 1. The SMILES string of the molecule is CN=C(NCC(c1ccccc1OC)N(C)C)NCC(C)(C)SC.I. The van der Waals surface area contributed by atoms with E-state index in [1.54, 1.807) is 14.2 Å². The van der Waals surface area contributed by atoms with E-state index in [9.17, 15) is 0 Å². The third-order valence-electron chi connectivity index (χ3n) is 4.04. The van der Waals surface area contributed by atoms with E-state index >= 15 is 0 Å². The Morgan fingerprint density at radius 2 is 1.92 bits per heavy atom. The molecule has 1 aromatic carbocycles. The number of hydrogen-bond acceptors (Lipinski definition) is 4. The van der Waals surface area contributed by atoms with E-state index < -0.39 is 0 Å². The van der Waals surface area contributed by atoms with Gasteiger partial charge in [-0.1, -0.05) is 18.2 Å². The number of hydrogen-bond donors (Lipinski definition) is 2. The fourth-order valence-corrected chi connectivity index (χ4v) is 2.51. The van der Waals surface area contributed by atoms with E-state index in [4.69, 9.17) is 4.74 Å². The van der Waals surface area contributed by atoms with E-state index in [0.29, 0.717) is 0 Å². The fraction of sp³-hybridized carbons (Fsp3) is 0.611. The summed E-state index contributed by atoms with van der Waals surface area (Å²) in [5, 5.41) is 6.83. The molecule has 0 aliphatic carbocycles. The lowest BCUT2D eigenvalue weighted by Crippen LogP contribution is -2.45. The zero-order valence-electron chi connectivity index (χ0n) is 16.4. The van der Waals surface area contributed by atoms with Crippen LogP contribution in [0.2, 0.25) is 0 Å². The second kappa shape index (κ2) is 11.9. The van der Waals surface area contributed by atoms with Crippen LogP contribution in [0, 0.1) is 0 Å². The molecule has 1 atom stereocenters. The van der Waals surface area contributed by atoms with Crippen molar-refractivity contribution in [2.45, 2.75) is 24.6 Å². The fourth-order valence-electron chi connectivity index (χ4n) is 2.30. The minimum Gasteiger partial charge on any atom is -0.496 e. The van der Waals surface area contributed by atoms with Gasteiger partial charge >= 0.3 is 0 Å². The zero-order chi connectivity index (χ0) is 18.2. The molecule has 1 unspecified atom stereocenters. The van der Waals surface area contributed by atoms with Gasteiger partial charge < -0.3 is 20.3 Å². The number of halogens is 1. The normalized spacial score (nSPS) is 13.2. The summed E-state index contributed by atoms with van der Waals surface area (Å²) in [6.07, 6.45) is 2.13. The van der Waals surface area contributed by atoms with Crippen LogP contribution in [0.1, 0.15) is 25.5 Å². The smallest absolute Gasteiger partial charge is 0.191 e. The number of ether oxygens (including phenoxy) is 1. The molecule has 0 spiro atoms. The lowest BCUT2D eigenvalue weighted by atomic mass is 10.0. The van der Waals surface area contributed by atoms with Crippen molar-refractivity contribution >= 4 is 41.7 Å².